The van der Waals surface area contributed by atoms with E-state index in [0.717, 1.165) is 25.7 Å². The third kappa shape index (κ3) is 4.52. The molecule has 0 atom stereocenters. The summed E-state index contributed by atoms with van der Waals surface area (Å²) in [6.07, 6.45) is 12.2. The Balaban J connectivity index is 2.47. The summed E-state index contributed by atoms with van der Waals surface area (Å²) in [6.45, 7) is 0.641. The van der Waals surface area contributed by atoms with Crippen LogP contribution in [0.25, 0.3) is 0 Å². The number of aliphatic hydroxyl groups excluding tert-OH is 2. The van der Waals surface area contributed by atoms with Gasteiger partial charge in [0, 0.05) is 13.2 Å². The smallest absolute Gasteiger partial charge is 0.0431 e. The molecule has 1 aliphatic carbocycles. The molecule has 1 saturated carbocycles. The molecular formula is C13H26O2. The Hall–Kier alpha value is -0.0800. The van der Waals surface area contributed by atoms with Gasteiger partial charge < -0.3 is 10.2 Å². The molecule has 0 aliphatic heterocycles. The summed E-state index contributed by atoms with van der Waals surface area (Å²) in [4.78, 5) is 0. The van der Waals surface area contributed by atoms with E-state index < -0.39 is 0 Å². The van der Waals surface area contributed by atoms with Gasteiger partial charge in [0.2, 0.25) is 0 Å². The van der Waals surface area contributed by atoms with Crippen LogP contribution in [0.2, 0.25) is 0 Å². The van der Waals surface area contributed by atoms with Crippen molar-refractivity contribution in [3.8, 4) is 0 Å². The summed E-state index contributed by atoms with van der Waals surface area (Å²) < 4.78 is 0. The van der Waals surface area contributed by atoms with E-state index in [0.29, 0.717) is 18.6 Å². The molecule has 2 N–H and O–H groups in total. The van der Waals surface area contributed by atoms with Gasteiger partial charge in [-0.25, -0.2) is 0 Å². The van der Waals surface area contributed by atoms with Gasteiger partial charge in [0.05, 0.1) is 0 Å². The van der Waals surface area contributed by atoms with Gasteiger partial charge in [-0.2, -0.15) is 0 Å². The third-order valence-corrected chi connectivity index (χ3v) is 3.89. The standard InChI is InChI=1S/C13H26O2/c14-11-5-9-13(10-6-12-15)7-3-1-2-4-8-13/h14-15H,1-12H2. The highest BCUT2D eigenvalue weighted by Gasteiger charge is 2.29. The Morgan fingerprint density at radius 1 is 0.733 bits per heavy atom. The van der Waals surface area contributed by atoms with E-state index >= 15 is 0 Å². The van der Waals surface area contributed by atoms with Crippen LogP contribution in [0.5, 0.6) is 0 Å². The van der Waals surface area contributed by atoms with Crippen molar-refractivity contribution in [2.24, 2.45) is 5.41 Å². The van der Waals surface area contributed by atoms with Crippen molar-refractivity contribution in [3.63, 3.8) is 0 Å². The van der Waals surface area contributed by atoms with Crippen molar-refractivity contribution in [1.82, 2.24) is 0 Å². The molecule has 0 aromatic carbocycles. The van der Waals surface area contributed by atoms with Crippen LogP contribution in [0.1, 0.15) is 64.2 Å². The van der Waals surface area contributed by atoms with E-state index in [1.54, 1.807) is 0 Å². The zero-order valence-corrected chi connectivity index (χ0v) is 9.88. The SMILES string of the molecule is OCCCC1(CCCO)CCCCCC1. The molecule has 2 heteroatoms. The van der Waals surface area contributed by atoms with E-state index in [-0.39, 0.29) is 0 Å². The van der Waals surface area contributed by atoms with E-state index in [1.807, 2.05) is 0 Å². The third-order valence-electron chi connectivity index (χ3n) is 3.89. The molecule has 1 rings (SSSR count). The van der Waals surface area contributed by atoms with Crippen LogP contribution in [0, 0.1) is 5.41 Å². The van der Waals surface area contributed by atoms with Crippen LogP contribution in [0.3, 0.4) is 0 Å². The molecule has 90 valence electrons. The van der Waals surface area contributed by atoms with Crippen LogP contribution >= 0.6 is 0 Å². The maximum Gasteiger partial charge on any atom is 0.0431 e. The number of aliphatic hydroxyl groups is 2. The Kier molecular flexibility index (Phi) is 6.26. The zero-order valence-electron chi connectivity index (χ0n) is 9.88. The maximum atomic E-state index is 8.96. The largest absolute Gasteiger partial charge is 0.396 e. The Morgan fingerprint density at radius 2 is 1.20 bits per heavy atom. The highest BCUT2D eigenvalue weighted by Crippen LogP contribution is 2.42. The summed E-state index contributed by atoms with van der Waals surface area (Å²) in [5.74, 6) is 0. The minimum absolute atomic E-state index is 0.320. The van der Waals surface area contributed by atoms with E-state index in [1.165, 1.54) is 38.5 Å². The van der Waals surface area contributed by atoms with E-state index in [9.17, 15) is 0 Å². The predicted molar refractivity (Wildman–Crippen MR) is 62.8 cm³/mol. The molecule has 0 saturated heterocycles. The average Bonchev–Trinajstić information content (AvgIpc) is 2.50. The molecule has 0 heterocycles. The second-order valence-corrected chi connectivity index (χ2v) is 5.07. The predicted octanol–water partition coefficient (Wildman–Crippen LogP) is 2.87. The van der Waals surface area contributed by atoms with Crippen LogP contribution in [0.4, 0.5) is 0 Å². The van der Waals surface area contributed by atoms with Crippen molar-refractivity contribution < 1.29 is 10.2 Å². The van der Waals surface area contributed by atoms with Gasteiger partial charge in [-0.05, 0) is 43.9 Å². The molecule has 1 aliphatic rings. The zero-order chi connectivity index (χ0) is 11.0. The molecule has 0 bridgehead atoms. The summed E-state index contributed by atoms with van der Waals surface area (Å²) in [6, 6.07) is 0. The van der Waals surface area contributed by atoms with Gasteiger partial charge in [0.25, 0.3) is 0 Å². The molecule has 2 nitrogen and oxygen atoms in total. The molecule has 1 fully saturated rings. The molecule has 0 amide bonds. The van der Waals surface area contributed by atoms with Gasteiger partial charge in [-0.15, -0.1) is 0 Å². The number of rotatable bonds is 6. The molecule has 0 radical (unpaired) electrons. The Morgan fingerprint density at radius 3 is 1.60 bits per heavy atom. The molecule has 0 aromatic rings. The Bertz CT molecular complexity index is 139. The lowest BCUT2D eigenvalue weighted by molar-refractivity contribution is 0.154. The highest BCUT2D eigenvalue weighted by molar-refractivity contribution is 4.81. The fourth-order valence-electron chi connectivity index (χ4n) is 3.01. The minimum Gasteiger partial charge on any atom is -0.396 e. The van der Waals surface area contributed by atoms with E-state index in [4.69, 9.17) is 10.2 Å². The summed E-state index contributed by atoms with van der Waals surface area (Å²) in [5.41, 5.74) is 0.446. The number of hydrogen-bond acceptors (Lipinski definition) is 2. The molecular weight excluding hydrogens is 188 g/mol. The van der Waals surface area contributed by atoms with Crippen molar-refractivity contribution in [1.29, 1.82) is 0 Å². The summed E-state index contributed by atoms with van der Waals surface area (Å²) in [5, 5.41) is 17.9. The molecule has 0 unspecified atom stereocenters. The fourth-order valence-corrected chi connectivity index (χ4v) is 3.01. The monoisotopic (exact) mass is 214 g/mol. The minimum atomic E-state index is 0.320. The molecule has 0 aromatic heterocycles. The normalized spacial score (nSPS) is 21.2. The quantitative estimate of drug-likeness (QED) is 0.667. The first-order chi connectivity index (χ1) is 7.33. The van der Waals surface area contributed by atoms with Gasteiger partial charge in [0.15, 0.2) is 0 Å². The first kappa shape index (κ1) is 13.0. The van der Waals surface area contributed by atoms with Crippen molar-refractivity contribution in [2.75, 3.05) is 13.2 Å². The average molecular weight is 214 g/mol. The Labute approximate surface area is 93.7 Å². The summed E-state index contributed by atoms with van der Waals surface area (Å²) >= 11 is 0. The van der Waals surface area contributed by atoms with Gasteiger partial charge in [-0.1, -0.05) is 25.7 Å². The lowest BCUT2D eigenvalue weighted by Gasteiger charge is -2.33. The van der Waals surface area contributed by atoms with Gasteiger partial charge >= 0.3 is 0 Å². The van der Waals surface area contributed by atoms with E-state index in [2.05, 4.69) is 0 Å². The van der Waals surface area contributed by atoms with Crippen LogP contribution in [-0.4, -0.2) is 23.4 Å². The van der Waals surface area contributed by atoms with Crippen molar-refractivity contribution >= 4 is 0 Å². The second-order valence-electron chi connectivity index (χ2n) is 5.07. The van der Waals surface area contributed by atoms with Crippen LogP contribution in [0.15, 0.2) is 0 Å². The highest BCUT2D eigenvalue weighted by atomic mass is 16.3. The summed E-state index contributed by atoms with van der Waals surface area (Å²) in [7, 11) is 0. The lowest BCUT2D eigenvalue weighted by atomic mass is 9.73. The topological polar surface area (TPSA) is 40.5 Å². The first-order valence-corrected chi connectivity index (χ1v) is 6.55. The molecule has 0 spiro atoms. The van der Waals surface area contributed by atoms with Crippen LogP contribution in [-0.2, 0) is 0 Å². The van der Waals surface area contributed by atoms with Crippen LogP contribution < -0.4 is 0 Å². The van der Waals surface area contributed by atoms with Gasteiger partial charge in [-0.3, -0.25) is 0 Å². The fraction of sp³-hybridized carbons (Fsp3) is 1.00. The molecule has 15 heavy (non-hydrogen) atoms. The first-order valence-electron chi connectivity index (χ1n) is 6.55. The number of hydrogen-bond donors (Lipinski definition) is 2. The van der Waals surface area contributed by atoms with Crippen molar-refractivity contribution in [3.05, 3.63) is 0 Å². The lowest BCUT2D eigenvalue weighted by Crippen LogP contribution is -2.21. The second kappa shape index (κ2) is 7.24. The maximum absolute atomic E-state index is 8.96. The van der Waals surface area contributed by atoms with Gasteiger partial charge in [0.1, 0.15) is 0 Å². The van der Waals surface area contributed by atoms with Crippen molar-refractivity contribution in [2.45, 2.75) is 64.2 Å².